The fourth-order valence-electron chi connectivity index (χ4n) is 5.63. The Morgan fingerprint density at radius 1 is 0.980 bits per heavy atom. The number of anilines is 2. The number of amides is 4. The lowest BCUT2D eigenvalue weighted by Gasteiger charge is -2.30. The zero-order valence-corrected chi connectivity index (χ0v) is 29.7. The zero-order chi connectivity index (χ0) is 35.6. The number of likely N-dealkylation sites (N-methyl/N-ethyl adjacent to an activating group) is 1. The summed E-state index contributed by atoms with van der Waals surface area (Å²) < 4.78 is 25.9. The van der Waals surface area contributed by atoms with E-state index in [1.807, 2.05) is 30.3 Å². The number of benzene rings is 4. The fraction of sp³-hybridized carbons (Fsp3) is 0.297. The van der Waals surface area contributed by atoms with Crippen LogP contribution in [-0.2, 0) is 20.9 Å². The molecule has 4 amide bonds. The van der Waals surface area contributed by atoms with Gasteiger partial charge in [-0.2, -0.15) is 0 Å². The minimum absolute atomic E-state index is 0.0329. The van der Waals surface area contributed by atoms with E-state index < -0.39 is 47.3 Å². The Balaban J connectivity index is 1.59. The van der Waals surface area contributed by atoms with Crippen molar-refractivity contribution in [2.24, 2.45) is 0 Å². The van der Waals surface area contributed by atoms with Crippen LogP contribution in [0.2, 0.25) is 0 Å². The average Bonchev–Trinajstić information content (AvgIpc) is 3.17. The molecule has 1 aliphatic heterocycles. The van der Waals surface area contributed by atoms with Crippen molar-refractivity contribution in [1.29, 1.82) is 0 Å². The Kier molecular flexibility index (Phi) is 10.3. The van der Waals surface area contributed by atoms with Gasteiger partial charge in [0.25, 0.3) is 11.8 Å². The first kappa shape index (κ1) is 35.3. The summed E-state index contributed by atoms with van der Waals surface area (Å²) in [4.78, 5) is 59.3. The molecule has 0 spiro atoms. The van der Waals surface area contributed by atoms with Gasteiger partial charge in [-0.25, -0.2) is 9.18 Å². The van der Waals surface area contributed by atoms with Crippen molar-refractivity contribution in [2.75, 3.05) is 30.5 Å². The second-order valence-electron chi connectivity index (χ2n) is 12.7. The van der Waals surface area contributed by atoms with E-state index in [1.165, 1.54) is 48.0 Å². The summed E-state index contributed by atoms with van der Waals surface area (Å²) >= 11 is 3.62. The van der Waals surface area contributed by atoms with Gasteiger partial charge in [0, 0.05) is 22.6 Å². The predicted molar refractivity (Wildman–Crippen MR) is 189 cm³/mol. The van der Waals surface area contributed by atoms with Crippen LogP contribution in [0.4, 0.5) is 20.6 Å². The molecule has 5 rings (SSSR count). The quantitative estimate of drug-likeness (QED) is 0.227. The number of ether oxygens (including phenoxy) is 2. The average molecular weight is 734 g/mol. The molecule has 0 aliphatic carbocycles. The monoisotopic (exact) mass is 732 g/mol. The molecule has 0 bridgehead atoms. The molecule has 0 saturated heterocycles. The molecule has 49 heavy (non-hydrogen) atoms. The normalized spacial score (nSPS) is 15.3. The van der Waals surface area contributed by atoms with Crippen molar-refractivity contribution in [2.45, 2.75) is 51.9 Å². The zero-order valence-electron chi connectivity index (χ0n) is 28.1. The maximum Gasteiger partial charge on any atom is 0.410 e. The summed E-state index contributed by atoms with van der Waals surface area (Å²) in [5.74, 6) is -1.56. The van der Waals surface area contributed by atoms with Gasteiger partial charge in [0.15, 0.2) is 0 Å². The lowest BCUT2D eigenvalue weighted by Crippen LogP contribution is -2.57. The second kappa shape index (κ2) is 14.3. The summed E-state index contributed by atoms with van der Waals surface area (Å²) in [7, 11) is 2.99. The van der Waals surface area contributed by atoms with E-state index in [-0.39, 0.29) is 18.7 Å². The molecule has 0 radical (unpaired) electrons. The number of fused-ring (bicyclic) bond motifs is 2. The molecule has 4 aromatic rings. The predicted octanol–water partition coefficient (Wildman–Crippen LogP) is 6.68. The molecule has 256 valence electrons. The Morgan fingerprint density at radius 2 is 1.65 bits per heavy atom. The Labute approximate surface area is 292 Å². The highest BCUT2D eigenvalue weighted by Crippen LogP contribution is 2.38. The fourth-order valence-corrected chi connectivity index (χ4v) is 6.13. The van der Waals surface area contributed by atoms with Crippen LogP contribution in [0.1, 0.15) is 43.6 Å². The third-order valence-corrected chi connectivity index (χ3v) is 8.99. The number of hydrogen-bond acceptors (Lipinski definition) is 6. The maximum absolute atomic E-state index is 14.7. The van der Waals surface area contributed by atoms with Gasteiger partial charge >= 0.3 is 6.09 Å². The number of carbonyl (C=O) groups excluding carboxylic acids is 4. The molecule has 0 aromatic heterocycles. The van der Waals surface area contributed by atoms with Crippen LogP contribution in [0.5, 0.6) is 5.75 Å². The Bertz CT molecular complexity index is 1910. The summed E-state index contributed by atoms with van der Waals surface area (Å²) in [5, 5.41) is 4.56. The Hall–Kier alpha value is -4.97. The number of carbonyl (C=O) groups is 4. The topological polar surface area (TPSA) is 108 Å². The minimum Gasteiger partial charge on any atom is -0.496 e. The first-order valence-electron chi connectivity index (χ1n) is 15.7. The molecule has 1 heterocycles. The summed E-state index contributed by atoms with van der Waals surface area (Å²) in [6.07, 6.45) is -0.710. The largest absolute Gasteiger partial charge is 0.496 e. The van der Waals surface area contributed by atoms with Crippen molar-refractivity contribution >= 4 is 61.9 Å². The van der Waals surface area contributed by atoms with Crippen LogP contribution in [0, 0.1) is 5.82 Å². The molecule has 10 nitrogen and oxygen atoms in total. The highest BCUT2D eigenvalue weighted by molar-refractivity contribution is 9.10. The molecular weight excluding hydrogens is 695 g/mol. The van der Waals surface area contributed by atoms with E-state index in [4.69, 9.17) is 9.47 Å². The van der Waals surface area contributed by atoms with Crippen LogP contribution < -0.4 is 19.9 Å². The van der Waals surface area contributed by atoms with Gasteiger partial charge < -0.3 is 24.6 Å². The van der Waals surface area contributed by atoms with Crippen LogP contribution in [0.15, 0.2) is 83.3 Å². The molecule has 1 aliphatic rings. The first-order valence-corrected chi connectivity index (χ1v) is 16.5. The lowest BCUT2D eigenvalue weighted by molar-refractivity contribution is -0.130. The molecule has 2 atom stereocenters. The molecular formula is C37H38BrFN4O6. The molecule has 1 N–H and O–H groups in total. The number of para-hydroxylation sites is 2. The van der Waals surface area contributed by atoms with Crippen molar-refractivity contribution < 1.29 is 33.0 Å². The van der Waals surface area contributed by atoms with Crippen molar-refractivity contribution in [3.63, 3.8) is 0 Å². The molecule has 4 aromatic carbocycles. The van der Waals surface area contributed by atoms with Crippen LogP contribution >= 0.6 is 15.9 Å². The Morgan fingerprint density at radius 3 is 2.31 bits per heavy atom. The third-order valence-electron chi connectivity index (χ3n) is 8.30. The van der Waals surface area contributed by atoms with E-state index in [0.717, 1.165) is 20.1 Å². The number of nitrogens with zero attached hydrogens (tertiary/aromatic N) is 3. The number of methoxy groups -OCH3 is 1. The van der Waals surface area contributed by atoms with E-state index in [2.05, 4.69) is 21.2 Å². The van der Waals surface area contributed by atoms with Crippen LogP contribution in [-0.4, -0.2) is 67.1 Å². The SMILES string of the molecule is COc1ccc2c(Br)cccc2c1CN1C(=O)[C@@H](NC(=O)[C@H](C)N(C)C(=O)OC(C)(C)C)CN(C(=O)c2ccc(F)cc2)c2ccccc21. The van der Waals surface area contributed by atoms with E-state index in [0.29, 0.717) is 22.7 Å². The maximum atomic E-state index is 14.7. The van der Waals surface area contributed by atoms with Crippen molar-refractivity contribution in [3.05, 3.63) is 100 Å². The summed E-state index contributed by atoms with van der Waals surface area (Å²) in [6.45, 7) is 6.47. The third kappa shape index (κ3) is 7.54. The standard InChI is InChI=1S/C37H38BrFN4O6/c1-22(41(5)36(47)49-37(2,3)4)33(44)40-29-21-43(34(45)23-14-16-24(39)17-15-23)31-13-8-7-12-30(31)42(35(29)46)20-27-25-10-9-11-28(38)26(25)18-19-32(27)48-6/h7-19,22,29H,20-21H2,1-6H3,(H,40,44)/t22-,29-/m0/s1. The molecule has 12 heteroatoms. The van der Waals surface area contributed by atoms with Gasteiger partial charge in [-0.1, -0.05) is 40.2 Å². The van der Waals surface area contributed by atoms with Gasteiger partial charge in [0.05, 0.1) is 31.6 Å². The highest BCUT2D eigenvalue weighted by Gasteiger charge is 2.39. The van der Waals surface area contributed by atoms with Gasteiger partial charge in [-0.3, -0.25) is 19.3 Å². The van der Waals surface area contributed by atoms with Crippen molar-refractivity contribution in [1.82, 2.24) is 10.2 Å². The summed E-state index contributed by atoms with van der Waals surface area (Å²) in [6, 6.07) is 19.3. The van der Waals surface area contributed by atoms with E-state index in [9.17, 15) is 23.6 Å². The van der Waals surface area contributed by atoms with Gasteiger partial charge in [0.2, 0.25) is 5.91 Å². The van der Waals surface area contributed by atoms with E-state index >= 15 is 0 Å². The highest BCUT2D eigenvalue weighted by atomic mass is 79.9. The van der Waals surface area contributed by atoms with Crippen LogP contribution in [0.25, 0.3) is 10.8 Å². The van der Waals surface area contributed by atoms with Crippen LogP contribution in [0.3, 0.4) is 0 Å². The van der Waals surface area contributed by atoms with Gasteiger partial charge in [0.1, 0.15) is 29.3 Å². The number of rotatable bonds is 7. The summed E-state index contributed by atoms with van der Waals surface area (Å²) in [5.41, 5.74) is 0.963. The number of hydrogen-bond donors (Lipinski definition) is 1. The minimum atomic E-state index is -1.24. The molecule has 0 unspecified atom stereocenters. The second-order valence-corrected chi connectivity index (χ2v) is 13.6. The molecule has 0 saturated carbocycles. The van der Waals surface area contributed by atoms with E-state index in [1.54, 1.807) is 52.1 Å². The molecule has 0 fully saturated rings. The van der Waals surface area contributed by atoms with Gasteiger partial charge in [-0.15, -0.1) is 0 Å². The van der Waals surface area contributed by atoms with Crippen molar-refractivity contribution in [3.8, 4) is 5.75 Å². The smallest absolute Gasteiger partial charge is 0.410 e. The number of halogens is 2. The first-order chi connectivity index (χ1) is 23.2. The lowest BCUT2D eigenvalue weighted by atomic mass is 10.0. The van der Waals surface area contributed by atoms with Gasteiger partial charge in [-0.05, 0) is 93.1 Å². The number of nitrogens with one attached hydrogen (secondary N) is 1.